The minimum atomic E-state index is -1.21. The summed E-state index contributed by atoms with van der Waals surface area (Å²) in [6, 6.07) is -1.14. The lowest BCUT2D eigenvalue weighted by atomic mass is 9.80. The molecule has 0 heterocycles. The molecule has 0 aromatic carbocycles. The topological polar surface area (TPSA) is 104 Å². The van der Waals surface area contributed by atoms with Gasteiger partial charge in [0, 0.05) is 12.8 Å². The standard InChI is InChI=1S/C13H23NO5/c1-8(13(2,3)4)7-10(15)14-9(12(18)19)5-6-11(16)17/h8-9H,5-7H2,1-4H3,(H,14,15)(H,16,17)(H,18,19). The van der Waals surface area contributed by atoms with Crippen molar-refractivity contribution < 1.29 is 24.6 Å². The van der Waals surface area contributed by atoms with Gasteiger partial charge < -0.3 is 15.5 Å². The third-order valence-electron chi connectivity index (χ3n) is 3.25. The van der Waals surface area contributed by atoms with Crippen LogP contribution in [0, 0.1) is 11.3 Å². The minimum Gasteiger partial charge on any atom is -0.481 e. The Balaban J connectivity index is 4.40. The van der Waals surface area contributed by atoms with E-state index in [-0.39, 0.29) is 36.5 Å². The Kier molecular flexibility index (Phi) is 6.52. The highest BCUT2D eigenvalue weighted by atomic mass is 16.4. The van der Waals surface area contributed by atoms with Gasteiger partial charge in [0.2, 0.25) is 5.91 Å². The van der Waals surface area contributed by atoms with Crippen molar-refractivity contribution in [1.82, 2.24) is 5.32 Å². The van der Waals surface area contributed by atoms with Crippen molar-refractivity contribution in [2.45, 2.75) is 53.0 Å². The van der Waals surface area contributed by atoms with Crippen LogP contribution in [-0.2, 0) is 14.4 Å². The Bertz CT molecular complexity index is 345. The summed E-state index contributed by atoms with van der Waals surface area (Å²) in [7, 11) is 0. The Morgan fingerprint density at radius 3 is 2.05 bits per heavy atom. The van der Waals surface area contributed by atoms with E-state index in [1.54, 1.807) is 0 Å². The molecule has 0 spiro atoms. The molecular weight excluding hydrogens is 250 g/mol. The van der Waals surface area contributed by atoms with Gasteiger partial charge in [0.15, 0.2) is 0 Å². The molecule has 6 nitrogen and oxygen atoms in total. The van der Waals surface area contributed by atoms with E-state index < -0.39 is 18.0 Å². The number of nitrogens with one attached hydrogen (secondary N) is 1. The summed E-state index contributed by atoms with van der Waals surface area (Å²) in [4.78, 5) is 33.1. The van der Waals surface area contributed by atoms with Crippen LogP contribution in [-0.4, -0.2) is 34.1 Å². The molecule has 2 unspecified atom stereocenters. The number of carbonyl (C=O) groups excluding carboxylic acids is 1. The Morgan fingerprint density at radius 2 is 1.68 bits per heavy atom. The van der Waals surface area contributed by atoms with Gasteiger partial charge >= 0.3 is 11.9 Å². The van der Waals surface area contributed by atoms with Gasteiger partial charge in [-0.25, -0.2) is 4.79 Å². The molecule has 0 radical (unpaired) electrons. The van der Waals surface area contributed by atoms with Crippen molar-refractivity contribution in [3.63, 3.8) is 0 Å². The molecule has 0 saturated carbocycles. The van der Waals surface area contributed by atoms with Crippen LogP contribution in [0.25, 0.3) is 0 Å². The highest BCUT2D eigenvalue weighted by molar-refractivity contribution is 5.84. The monoisotopic (exact) mass is 273 g/mol. The average Bonchev–Trinajstić information content (AvgIpc) is 2.21. The van der Waals surface area contributed by atoms with Gasteiger partial charge in [0.05, 0.1) is 0 Å². The summed E-state index contributed by atoms with van der Waals surface area (Å²) in [6.45, 7) is 7.94. The van der Waals surface area contributed by atoms with Crippen molar-refractivity contribution in [1.29, 1.82) is 0 Å². The van der Waals surface area contributed by atoms with E-state index in [4.69, 9.17) is 10.2 Å². The van der Waals surface area contributed by atoms with Crippen LogP contribution >= 0.6 is 0 Å². The second-order valence-corrected chi connectivity index (χ2v) is 5.86. The third-order valence-corrected chi connectivity index (χ3v) is 3.25. The number of rotatable bonds is 7. The van der Waals surface area contributed by atoms with Crippen LogP contribution in [0.2, 0.25) is 0 Å². The lowest BCUT2D eigenvalue weighted by Gasteiger charge is -2.27. The Morgan fingerprint density at radius 1 is 1.16 bits per heavy atom. The molecular formula is C13H23NO5. The molecule has 0 aliphatic heterocycles. The van der Waals surface area contributed by atoms with Crippen LogP contribution in [0.4, 0.5) is 0 Å². The molecule has 0 bridgehead atoms. The zero-order valence-corrected chi connectivity index (χ0v) is 11.9. The van der Waals surface area contributed by atoms with E-state index in [0.29, 0.717) is 0 Å². The summed E-state index contributed by atoms with van der Waals surface area (Å²) in [6.07, 6.45) is -0.174. The van der Waals surface area contributed by atoms with E-state index in [0.717, 1.165) is 0 Å². The van der Waals surface area contributed by atoms with E-state index in [1.165, 1.54) is 0 Å². The summed E-state index contributed by atoms with van der Waals surface area (Å²) in [5, 5.41) is 19.8. The number of amides is 1. The van der Waals surface area contributed by atoms with Gasteiger partial charge in [-0.05, 0) is 17.8 Å². The predicted octanol–water partition coefficient (Wildman–Crippen LogP) is 1.49. The fraction of sp³-hybridized carbons (Fsp3) is 0.769. The minimum absolute atomic E-state index is 0.0445. The van der Waals surface area contributed by atoms with Crippen LogP contribution < -0.4 is 5.32 Å². The van der Waals surface area contributed by atoms with Gasteiger partial charge in [-0.3, -0.25) is 9.59 Å². The van der Waals surface area contributed by atoms with E-state index in [9.17, 15) is 14.4 Å². The highest BCUT2D eigenvalue weighted by Crippen LogP contribution is 2.27. The molecule has 0 fully saturated rings. The molecule has 0 aliphatic carbocycles. The van der Waals surface area contributed by atoms with Crippen LogP contribution in [0.15, 0.2) is 0 Å². The summed E-state index contributed by atoms with van der Waals surface area (Å²) >= 11 is 0. The first-order chi connectivity index (χ1) is 8.54. The number of aliphatic carboxylic acids is 2. The molecule has 2 atom stereocenters. The number of hydrogen-bond donors (Lipinski definition) is 3. The summed E-state index contributed by atoms with van der Waals surface area (Å²) in [5.41, 5.74) is -0.0445. The highest BCUT2D eigenvalue weighted by Gasteiger charge is 2.25. The molecule has 0 aliphatic rings. The molecule has 0 saturated heterocycles. The third kappa shape index (κ3) is 7.43. The maximum Gasteiger partial charge on any atom is 0.326 e. The number of carbonyl (C=O) groups is 3. The van der Waals surface area contributed by atoms with Crippen molar-refractivity contribution >= 4 is 17.8 Å². The molecule has 0 rings (SSSR count). The maximum atomic E-state index is 11.7. The van der Waals surface area contributed by atoms with Crippen molar-refractivity contribution in [2.75, 3.05) is 0 Å². The molecule has 6 heteroatoms. The normalized spacial score (nSPS) is 14.5. The first-order valence-electron chi connectivity index (χ1n) is 6.28. The summed E-state index contributed by atoms with van der Waals surface area (Å²) < 4.78 is 0. The number of carboxylic acids is 2. The van der Waals surface area contributed by atoms with E-state index in [1.807, 2.05) is 27.7 Å². The first kappa shape index (κ1) is 17.4. The second-order valence-electron chi connectivity index (χ2n) is 5.86. The van der Waals surface area contributed by atoms with Crippen molar-refractivity contribution in [3.05, 3.63) is 0 Å². The van der Waals surface area contributed by atoms with Crippen molar-refractivity contribution in [3.8, 4) is 0 Å². The van der Waals surface area contributed by atoms with Gasteiger partial charge in [-0.1, -0.05) is 27.7 Å². The Labute approximate surface area is 113 Å². The lowest BCUT2D eigenvalue weighted by Crippen LogP contribution is -2.42. The van der Waals surface area contributed by atoms with Gasteiger partial charge in [-0.2, -0.15) is 0 Å². The Hall–Kier alpha value is -1.59. The fourth-order valence-corrected chi connectivity index (χ4v) is 1.36. The van der Waals surface area contributed by atoms with Crippen LogP contribution in [0.5, 0.6) is 0 Å². The van der Waals surface area contributed by atoms with Gasteiger partial charge in [-0.15, -0.1) is 0 Å². The van der Waals surface area contributed by atoms with E-state index >= 15 is 0 Å². The largest absolute Gasteiger partial charge is 0.481 e. The second kappa shape index (κ2) is 7.11. The molecule has 0 aromatic heterocycles. The SMILES string of the molecule is CC(CC(=O)NC(CCC(=O)O)C(=O)O)C(C)(C)C. The lowest BCUT2D eigenvalue weighted by molar-refractivity contribution is -0.143. The number of carboxylic acid groups (broad SMARTS) is 2. The predicted molar refractivity (Wildman–Crippen MR) is 69.7 cm³/mol. The van der Waals surface area contributed by atoms with Gasteiger partial charge in [0.25, 0.3) is 0 Å². The molecule has 3 N–H and O–H groups in total. The zero-order valence-electron chi connectivity index (χ0n) is 11.9. The first-order valence-corrected chi connectivity index (χ1v) is 6.28. The number of hydrogen-bond acceptors (Lipinski definition) is 3. The van der Waals surface area contributed by atoms with Crippen LogP contribution in [0.3, 0.4) is 0 Å². The van der Waals surface area contributed by atoms with Gasteiger partial charge in [0.1, 0.15) is 6.04 Å². The smallest absolute Gasteiger partial charge is 0.326 e. The van der Waals surface area contributed by atoms with Crippen molar-refractivity contribution in [2.24, 2.45) is 11.3 Å². The molecule has 19 heavy (non-hydrogen) atoms. The summed E-state index contributed by atoms with van der Waals surface area (Å²) in [5.74, 6) is -2.55. The average molecular weight is 273 g/mol. The quantitative estimate of drug-likeness (QED) is 0.652. The maximum absolute atomic E-state index is 11.7. The zero-order chi connectivity index (χ0) is 15.2. The van der Waals surface area contributed by atoms with Crippen LogP contribution in [0.1, 0.15) is 47.0 Å². The van der Waals surface area contributed by atoms with E-state index in [2.05, 4.69) is 5.32 Å². The molecule has 1 amide bonds. The fourth-order valence-electron chi connectivity index (χ4n) is 1.36. The molecule has 0 aromatic rings. The molecule has 110 valence electrons.